The molecule has 2 atom stereocenters. The number of carbonyl (C=O) groups excluding carboxylic acids is 2. The van der Waals surface area contributed by atoms with Gasteiger partial charge in [-0.25, -0.2) is 4.79 Å². The molecule has 1 spiro atoms. The molecule has 2 heterocycles. The van der Waals surface area contributed by atoms with Gasteiger partial charge < -0.3 is 15.5 Å². The number of para-hydroxylation sites is 1. The molecule has 0 unspecified atom stereocenters. The van der Waals surface area contributed by atoms with Crippen LogP contribution in [0.25, 0.3) is 0 Å². The Morgan fingerprint density at radius 3 is 2.83 bits per heavy atom. The minimum absolute atomic E-state index is 0.109. The summed E-state index contributed by atoms with van der Waals surface area (Å²) >= 11 is 0. The molecule has 1 saturated heterocycles. The van der Waals surface area contributed by atoms with Gasteiger partial charge in [-0.05, 0) is 11.6 Å². The van der Waals surface area contributed by atoms with Gasteiger partial charge in [0, 0.05) is 18.8 Å². The largest absolute Gasteiger partial charge is 0.405 e. The number of anilines is 1. The van der Waals surface area contributed by atoms with E-state index in [-0.39, 0.29) is 13.1 Å². The van der Waals surface area contributed by atoms with Crippen molar-refractivity contribution in [3.8, 4) is 6.07 Å². The molecule has 1 aromatic carbocycles. The van der Waals surface area contributed by atoms with Gasteiger partial charge in [-0.1, -0.05) is 18.2 Å². The molecule has 2 N–H and O–H groups in total. The average molecular weight is 338 g/mol. The number of alkyl halides is 3. The lowest BCUT2D eigenvalue weighted by molar-refractivity contribution is -0.123. The lowest BCUT2D eigenvalue weighted by atomic mass is 9.74. The number of halogens is 3. The minimum atomic E-state index is -4.53. The highest BCUT2D eigenvalue weighted by Crippen LogP contribution is 2.47. The van der Waals surface area contributed by atoms with Gasteiger partial charge in [-0.3, -0.25) is 4.79 Å². The summed E-state index contributed by atoms with van der Waals surface area (Å²) < 4.78 is 36.7. The lowest BCUT2D eigenvalue weighted by Gasteiger charge is -2.24. The average Bonchev–Trinajstić information content (AvgIpc) is 3.05. The molecule has 3 amide bonds. The molecule has 1 fully saturated rings. The van der Waals surface area contributed by atoms with Crippen molar-refractivity contribution < 1.29 is 22.8 Å². The van der Waals surface area contributed by atoms with Gasteiger partial charge in [0.15, 0.2) is 0 Å². The van der Waals surface area contributed by atoms with Crippen LogP contribution in [0.2, 0.25) is 0 Å². The number of likely N-dealkylation sites (tertiary alicyclic amines) is 1. The zero-order chi connectivity index (χ0) is 17.5. The predicted molar refractivity (Wildman–Crippen MR) is 76.9 cm³/mol. The summed E-state index contributed by atoms with van der Waals surface area (Å²) in [6.07, 6.45) is -4.53. The van der Waals surface area contributed by atoms with Gasteiger partial charge >= 0.3 is 12.2 Å². The second-order valence-electron chi connectivity index (χ2n) is 5.81. The molecular weight excluding hydrogens is 325 g/mol. The summed E-state index contributed by atoms with van der Waals surface area (Å²) in [7, 11) is 0. The van der Waals surface area contributed by atoms with Crippen molar-refractivity contribution in [1.29, 1.82) is 5.26 Å². The van der Waals surface area contributed by atoms with Crippen LogP contribution < -0.4 is 10.6 Å². The van der Waals surface area contributed by atoms with Gasteiger partial charge in [0.1, 0.15) is 12.0 Å². The molecule has 0 radical (unpaired) electrons. The van der Waals surface area contributed by atoms with E-state index in [1.54, 1.807) is 29.6 Å². The Kier molecular flexibility index (Phi) is 3.63. The van der Waals surface area contributed by atoms with Crippen LogP contribution in [-0.4, -0.2) is 42.6 Å². The van der Waals surface area contributed by atoms with E-state index in [0.717, 1.165) is 4.90 Å². The van der Waals surface area contributed by atoms with Crippen molar-refractivity contribution in [3.05, 3.63) is 29.8 Å². The SMILES string of the molecule is N#C[C@@H]1CN(C(=O)NCC(F)(F)F)C[C@]12C(=O)Nc1ccccc12. The second kappa shape index (κ2) is 5.40. The lowest BCUT2D eigenvalue weighted by Crippen LogP contribution is -2.45. The highest BCUT2D eigenvalue weighted by atomic mass is 19.4. The van der Waals surface area contributed by atoms with E-state index in [9.17, 15) is 28.0 Å². The third-order valence-electron chi connectivity index (χ3n) is 4.38. The molecule has 0 aromatic heterocycles. The maximum atomic E-state index is 12.5. The molecule has 6 nitrogen and oxygen atoms in total. The molecule has 1 aromatic rings. The number of hydrogen-bond donors (Lipinski definition) is 2. The number of nitriles is 1. The molecule has 0 saturated carbocycles. The van der Waals surface area contributed by atoms with Crippen molar-refractivity contribution in [2.75, 3.05) is 25.0 Å². The molecule has 0 aliphatic carbocycles. The first kappa shape index (κ1) is 16.1. The molecule has 126 valence electrons. The van der Waals surface area contributed by atoms with E-state index in [0.29, 0.717) is 11.3 Å². The smallest absolute Gasteiger partial charge is 0.329 e. The van der Waals surface area contributed by atoms with Crippen molar-refractivity contribution in [2.45, 2.75) is 11.6 Å². The maximum Gasteiger partial charge on any atom is 0.405 e. The Balaban J connectivity index is 1.87. The quantitative estimate of drug-likeness (QED) is 0.816. The zero-order valence-corrected chi connectivity index (χ0v) is 12.4. The van der Waals surface area contributed by atoms with Gasteiger partial charge in [0.05, 0.1) is 12.0 Å². The third-order valence-corrected chi connectivity index (χ3v) is 4.38. The van der Waals surface area contributed by atoms with E-state index in [1.807, 2.05) is 6.07 Å². The number of carbonyl (C=O) groups is 2. The van der Waals surface area contributed by atoms with Crippen molar-refractivity contribution in [1.82, 2.24) is 10.2 Å². The van der Waals surface area contributed by atoms with Crippen LogP contribution in [-0.2, 0) is 10.2 Å². The molecule has 0 bridgehead atoms. The number of nitrogens with one attached hydrogen (secondary N) is 2. The van der Waals surface area contributed by atoms with Crippen molar-refractivity contribution in [2.24, 2.45) is 5.92 Å². The highest BCUT2D eigenvalue weighted by Gasteiger charge is 2.58. The molecule has 24 heavy (non-hydrogen) atoms. The Morgan fingerprint density at radius 1 is 1.46 bits per heavy atom. The summed E-state index contributed by atoms with van der Waals surface area (Å²) in [6.45, 7) is -1.71. The van der Waals surface area contributed by atoms with E-state index in [4.69, 9.17) is 0 Å². The summed E-state index contributed by atoms with van der Waals surface area (Å²) in [5.74, 6) is -1.25. The predicted octanol–water partition coefficient (Wildman–Crippen LogP) is 1.60. The number of amides is 3. The first-order valence-electron chi connectivity index (χ1n) is 7.18. The fourth-order valence-electron chi connectivity index (χ4n) is 3.29. The fourth-order valence-corrected chi connectivity index (χ4v) is 3.29. The fraction of sp³-hybridized carbons (Fsp3) is 0.400. The summed E-state index contributed by atoms with van der Waals surface area (Å²) in [4.78, 5) is 25.6. The molecular formula is C15H13F3N4O2. The van der Waals surface area contributed by atoms with Crippen LogP contribution >= 0.6 is 0 Å². The molecule has 2 aliphatic heterocycles. The van der Waals surface area contributed by atoms with Gasteiger partial charge in [0.2, 0.25) is 5.91 Å². The number of nitrogens with zero attached hydrogens (tertiary/aromatic N) is 2. The van der Waals surface area contributed by atoms with Crippen molar-refractivity contribution in [3.63, 3.8) is 0 Å². The zero-order valence-electron chi connectivity index (χ0n) is 12.4. The Labute approximate surface area is 135 Å². The Hall–Kier alpha value is -2.76. The van der Waals surface area contributed by atoms with Crippen LogP contribution in [0.1, 0.15) is 5.56 Å². The van der Waals surface area contributed by atoms with Crippen LogP contribution in [0.4, 0.5) is 23.7 Å². The van der Waals surface area contributed by atoms with Crippen LogP contribution in [0.3, 0.4) is 0 Å². The van der Waals surface area contributed by atoms with Crippen LogP contribution in [0.5, 0.6) is 0 Å². The number of rotatable bonds is 1. The van der Waals surface area contributed by atoms with Gasteiger partial charge in [-0.2, -0.15) is 18.4 Å². The minimum Gasteiger partial charge on any atom is -0.329 e. The highest BCUT2D eigenvalue weighted by molar-refractivity contribution is 6.07. The van der Waals surface area contributed by atoms with Crippen molar-refractivity contribution >= 4 is 17.6 Å². The van der Waals surface area contributed by atoms with E-state index < -0.39 is 36.0 Å². The maximum absolute atomic E-state index is 12.5. The second-order valence-corrected chi connectivity index (χ2v) is 5.81. The van der Waals surface area contributed by atoms with Gasteiger partial charge in [-0.15, -0.1) is 0 Å². The summed E-state index contributed by atoms with van der Waals surface area (Å²) in [5, 5.41) is 13.9. The van der Waals surface area contributed by atoms with Crippen LogP contribution in [0, 0.1) is 17.2 Å². The third kappa shape index (κ3) is 2.44. The van der Waals surface area contributed by atoms with Gasteiger partial charge in [0.25, 0.3) is 0 Å². The number of urea groups is 1. The van der Waals surface area contributed by atoms with E-state index in [2.05, 4.69) is 5.32 Å². The topological polar surface area (TPSA) is 85.2 Å². The van der Waals surface area contributed by atoms with E-state index >= 15 is 0 Å². The molecule has 9 heteroatoms. The summed E-state index contributed by atoms with van der Waals surface area (Å²) in [5.41, 5.74) is -0.103. The standard InChI is InChI=1S/C15H13F3N4O2/c16-15(17,18)7-20-13(24)22-6-9(5-19)14(8-22)10-3-1-2-4-11(10)21-12(14)23/h1-4,9H,6-8H2,(H,20,24)(H,21,23)/t9-,14+/m1/s1. The Morgan fingerprint density at radius 2 is 2.17 bits per heavy atom. The monoisotopic (exact) mass is 338 g/mol. The Bertz CT molecular complexity index is 743. The van der Waals surface area contributed by atoms with E-state index in [1.165, 1.54) is 0 Å². The first-order valence-corrected chi connectivity index (χ1v) is 7.18. The van der Waals surface area contributed by atoms with Crippen LogP contribution in [0.15, 0.2) is 24.3 Å². The normalized spacial score (nSPS) is 25.3. The molecule has 2 aliphatic rings. The molecule has 3 rings (SSSR count). The first-order chi connectivity index (χ1) is 11.3. The number of fused-ring (bicyclic) bond motifs is 2. The number of benzene rings is 1. The summed E-state index contributed by atoms with van der Waals surface area (Å²) in [6, 6.07) is 7.88. The number of hydrogen-bond acceptors (Lipinski definition) is 3.